The van der Waals surface area contributed by atoms with Crippen molar-refractivity contribution in [1.29, 1.82) is 0 Å². The summed E-state index contributed by atoms with van der Waals surface area (Å²) in [6.07, 6.45) is 11.7. The average molecular weight is 403 g/mol. The topological polar surface area (TPSA) is 73.5 Å². The first-order valence-electron chi connectivity index (χ1n) is 10.7. The highest BCUT2D eigenvalue weighted by molar-refractivity contribution is 5.85. The average Bonchev–Trinajstić information content (AvgIpc) is 2.66. The number of carbonyl (C=O) groups is 2. The highest BCUT2D eigenvalue weighted by Crippen LogP contribution is 2.18. The zero-order valence-electron chi connectivity index (χ0n) is 16.9. The Morgan fingerprint density at radius 3 is 2.33 bits per heavy atom. The van der Waals surface area contributed by atoms with Gasteiger partial charge in [0.1, 0.15) is 0 Å². The van der Waals surface area contributed by atoms with E-state index in [9.17, 15) is 9.59 Å². The van der Waals surface area contributed by atoms with E-state index in [1.54, 1.807) is 0 Å². The first-order chi connectivity index (χ1) is 12.7. The number of amides is 3. The summed E-state index contributed by atoms with van der Waals surface area (Å²) in [5.74, 6) is 1.02. The summed E-state index contributed by atoms with van der Waals surface area (Å²) in [7, 11) is 1.99. The predicted molar refractivity (Wildman–Crippen MR) is 112 cm³/mol. The Morgan fingerprint density at radius 2 is 1.67 bits per heavy atom. The van der Waals surface area contributed by atoms with Crippen molar-refractivity contribution in [3.63, 3.8) is 0 Å². The molecule has 1 saturated carbocycles. The number of piperidine rings is 1. The van der Waals surface area contributed by atoms with Gasteiger partial charge in [-0.1, -0.05) is 25.7 Å². The Kier molecular flexibility index (Phi) is 12.5. The van der Waals surface area contributed by atoms with Gasteiger partial charge in [0.25, 0.3) is 0 Å². The molecule has 1 heterocycles. The fourth-order valence-corrected chi connectivity index (χ4v) is 4.10. The third-order valence-corrected chi connectivity index (χ3v) is 5.75. The molecule has 3 N–H and O–H groups in total. The minimum atomic E-state index is -0.0302. The number of nitrogens with zero attached hydrogens (tertiary/aromatic N) is 1. The molecule has 0 aromatic rings. The van der Waals surface area contributed by atoms with E-state index in [1.165, 1.54) is 19.3 Å². The van der Waals surface area contributed by atoms with Crippen LogP contribution in [0, 0.1) is 5.92 Å². The largest absolute Gasteiger partial charge is 0.343 e. The van der Waals surface area contributed by atoms with Crippen molar-refractivity contribution in [2.45, 2.75) is 76.7 Å². The van der Waals surface area contributed by atoms with Gasteiger partial charge < -0.3 is 20.9 Å². The molecule has 1 saturated heterocycles. The van der Waals surface area contributed by atoms with Crippen LogP contribution < -0.4 is 16.0 Å². The van der Waals surface area contributed by atoms with Crippen molar-refractivity contribution in [3.05, 3.63) is 0 Å². The second-order valence-electron chi connectivity index (χ2n) is 7.93. The second-order valence-corrected chi connectivity index (χ2v) is 7.93. The monoisotopic (exact) mass is 402 g/mol. The molecule has 6 nitrogen and oxygen atoms in total. The van der Waals surface area contributed by atoms with Crippen molar-refractivity contribution in [2.75, 3.05) is 33.2 Å². The van der Waals surface area contributed by atoms with Gasteiger partial charge in [-0.15, -0.1) is 12.4 Å². The van der Waals surface area contributed by atoms with Crippen molar-refractivity contribution in [3.8, 4) is 0 Å². The lowest BCUT2D eigenvalue weighted by atomic mass is 9.96. The van der Waals surface area contributed by atoms with Gasteiger partial charge in [0, 0.05) is 32.1 Å². The molecule has 2 rings (SSSR count). The zero-order valence-corrected chi connectivity index (χ0v) is 17.7. The molecule has 27 heavy (non-hydrogen) atoms. The number of carbonyl (C=O) groups excluding carboxylic acids is 2. The van der Waals surface area contributed by atoms with E-state index in [0.29, 0.717) is 24.9 Å². The molecule has 0 radical (unpaired) electrons. The molecule has 0 unspecified atom stereocenters. The SMILES string of the molecule is CNCC1CCN(C(=O)CCCCCNC(=O)NC2CCCCC2)CC1.Cl. The molecule has 1 aliphatic heterocycles. The fraction of sp³-hybridized carbons (Fsp3) is 0.900. The van der Waals surface area contributed by atoms with Gasteiger partial charge in [-0.2, -0.15) is 0 Å². The quantitative estimate of drug-likeness (QED) is 0.519. The summed E-state index contributed by atoms with van der Waals surface area (Å²) in [6, 6.07) is 0.330. The Labute approximate surface area is 171 Å². The Hall–Kier alpha value is -1.01. The van der Waals surface area contributed by atoms with Crippen LogP contribution in [0.4, 0.5) is 4.79 Å². The summed E-state index contributed by atoms with van der Waals surface area (Å²) >= 11 is 0. The Balaban J connectivity index is 0.00000364. The summed E-state index contributed by atoms with van der Waals surface area (Å²) < 4.78 is 0. The molecule has 2 aliphatic rings. The number of nitrogens with one attached hydrogen (secondary N) is 3. The number of rotatable bonds is 9. The molecule has 0 spiro atoms. The van der Waals surface area contributed by atoms with Crippen LogP contribution in [0.1, 0.15) is 70.6 Å². The normalized spacial score (nSPS) is 18.6. The molecule has 0 bridgehead atoms. The van der Waals surface area contributed by atoms with Crippen LogP contribution in [-0.4, -0.2) is 56.1 Å². The van der Waals surface area contributed by atoms with Crippen LogP contribution in [0.3, 0.4) is 0 Å². The van der Waals surface area contributed by atoms with E-state index in [0.717, 1.165) is 70.5 Å². The molecule has 7 heteroatoms. The molecule has 0 aromatic carbocycles. The van der Waals surface area contributed by atoms with E-state index >= 15 is 0 Å². The third-order valence-electron chi connectivity index (χ3n) is 5.75. The predicted octanol–water partition coefficient (Wildman–Crippen LogP) is 3.06. The number of hydrogen-bond donors (Lipinski definition) is 3. The molecular weight excluding hydrogens is 364 g/mol. The van der Waals surface area contributed by atoms with Gasteiger partial charge in [0.05, 0.1) is 0 Å². The number of hydrogen-bond acceptors (Lipinski definition) is 3. The first-order valence-corrected chi connectivity index (χ1v) is 10.7. The van der Waals surface area contributed by atoms with Crippen molar-refractivity contribution < 1.29 is 9.59 Å². The Morgan fingerprint density at radius 1 is 0.963 bits per heavy atom. The molecule has 1 aliphatic carbocycles. The van der Waals surface area contributed by atoms with Gasteiger partial charge in [0.15, 0.2) is 0 Å². The number of unbranched alkanes of at least 4 members (excludes halogenated alkanes) is 2. The fourth-order valence-electron chi connectivity index (χ4n) is 4.10. The van der Waals surface area contributed by atoms with Crippen LogP contribution in [0.5, 0.6) is 0 Å². The third kappa shape index (κ3) is 9.65. The van der Waals surface area contributed by atoms with Gasteiger partial charge >= 0.3 is 6.03 Å². The molecule has 0 atom stereocenters. The maximum atomic E-state index is 12.3. The van der Waals surface area contributed by atoms with E-state index < -0.39 is 0 Å². The minimum Gasteiger partial charge on any atom is -0.343 e. The number of urea groups is 1. The first kappa shape index (κ1) is 24.0. The van der Waals surface area contributed by atoms with E-state index in [1.807, 2.05) is 11.9 Å². The van der Waals surface area contributed by atoms with Crippen LogP contribution in [0.15, 0.2) is 0 Å². The van der Waals surface area contributed by atoms with Crippen molar-refractivity contribution in [2.24, 2.45) is 5.92 Å². The van der Waals surface area contributed by atoms with Crippen LogP contribution in [-0.2, 0) is 4.79 Å². The zero-order chi connectivity index (χ0) is 18.6. The minimum absolute atomic E-state index is 0. The standard InChI is InChI=1S/C20H38N4O2.ClH/c1-21-16-17-11-14-24(15-12-17)19(25)10-6-3-7-13-22-20(26)23-18-8-4-2-5-9-18;/h17-18,21H,2-16H2,1H3,(H2,22,23,26);1H. The van der Waals surface area contributed by atoms with Gasteiger partial charge in [-0.3, -0.25) is 4.79 Å². The van der Waals surface area contributed by atoms with Crippen molar-refractivity contribution in [1.82, 2.24) is 20.9 Å². The molecule has 0 aromatic heterocycles. The Bertz CT molecular complexity index is 422. The van der Waals surface area contributed by atoms with E-state index in [-0.39, 0.29) is 18.4 Å². The maximum Gasteiger partial charge on any atom is 0.315 e. The molecule has 2 fully saturated rings. The lowest BCUT2D eigenvalue weighted by Crippen LogP contribution is -2.43. The smallest absolute Gasteiger partial charge is 0.315 e. The summed E-state index contributed by atoms with van der Waals surface area (Å²) in [5, 5.41) is 9.24. The second kappa shape index (κ2) is 14.1. The van der Waals surface area contributed by atoms with Crippen LogP contribution >= 0.6 is 12.4 Å². The molecular formula is C20H39ClN4O2. The molecule has 3 amide bonds. The van der Waals surface area contributed by atoms with E-state index in [2.05, 4.69) is 16.0 Å². The number of halogens is 1. The highest BCUT2D eigenvalue weighted by Gasteiger charge is 2.21. The number of likely N-dealkylation sites (tertiary alicyclic amines) is 1. The van der Waals surface area contributed by atoms with Gasteiger partial charge in [-0.25, -0.2) is 4.79 Å². The van der Waals surface area contributed by atoms with Crippen LogP contribution in [0.25, 0.3) is 0 Å². The highest BCUT2D eigenvalue weighted by atomic mass is 35.5. The molecule has 158 valence electrons. The lowest BCUT2D eigenvalue weighted by molar-refractivity contribution is -0.132. The lowest BCUT2D eigenvalue weighted by Gasteiger charge is -2.32. The van der Waals surface area contributed by atoms with E-state index in [4.69, 9.17) is 0 Å². The van der Waals surface area contributed by atoms with Gasteiger partial charge in [-0.05, 0) is 58.0 Å². The summed E-state index contributed by atoms with van der Waals surface area (Å²) in [5.41, 5.74) is 0. The maximum absolute atomic E-state index is 12.3. The van der Waals surface area contributed by atoms with Crippen molar-refractivity contribution >= 4 is 24.3 Å². The van der Waals surface area contributed by atoms with Gasteiger partial charge in [0.2, 0.25) is 5.91 Å². The van der Waals surface area contributed by atoms with Crippen LogP contribution in [0.2, 0.25) is 0 Å². The summed E-state index contributed by atoms with van der Waals surface area (Å²) in [6.45, 7) is 3.58. The summed E-state index contributed by atoms with van der Waals surface area (Å²) in [4.78, 5) is 26.1.